The molecule has 3 aromatic carbocycles. The van der Waals surface area contributed by atoms with Gasteiger partial charge in [-0.05, 0) is 29.2 Å². The normalized spacial score (nSPS) is 12.7. The minimum absolute atomic E-state index is 0.110. The van der Waals surface area contributed by atoms with Crippen LogP contribution < -0.4 is 4.90 Å². The lowest BCUT2D eigenvalue weighted by Gasteiger charge is -2.17. The molecule has 32 heavy (non-hydrogen) atoms. The van der Waals surface area contributed by atoms with E-state index in [-0.39, 0.29) is 5.91 Å². The number of hydrogen-bond donors (Lipinski definition) is 0. The molecule has 1 amide bonds. The zero-order valence-corrected chi connectivity index (χ0v) is 18.5. The average molecular weight is 441 g/mol. The fourth-order valence-corrected chi connectivity index (χ4v) is 4.89. The Hall–Kier alpha value is -3.38. The SMILES string of the molecule is O=C(CSc1nnc(Cc2ccccc2)n1Cc1ccccc1)N1CCc2ccccc21. The number of aromatic nitrogens is 3. The molecule has 4 aromatic rings. The minimum atomic E-state index is 0.110. The summed E-state index contributed by atoms with van der Waals surface area (Å²) in [4.78, 5) is 14.9. The monoisotopic (exact) mass is 440 g/mol. The van der Waals surface area contributed by atoms with Crippen molar-refractivity contribution in [3.05, 3.63) is 107 Å². The van der Waals surface area contributed by atoms with Crippen LogP contribution in [0.1, 0.15) is 22.5 Å². The van der Waals surface area contributed by atoms with E-state index in [1.165, 1.54) is 28.5 Å². The number of carbonyl (C=O) groups is 1. The fourth-order valence-electron chi connectivity index (χ4n) is 4.06. The first-order chi connectivity index (χ1) is 15.8. The smallest absolute Gasteiger partial charge is 0.237 e. The molecule has 5 rings (SSSR count). The molecule has 0 fully saturated rings. The molecule has 1 aliphatic heterocycles. The molecule has 0 N–H and O–H groups in total. The topological polar surface area (TPSA) is 51.0 Å². The number of fused-ring (bicyclic) bond motifs is 1. The van der Waals surface area contributed by atoms with Crippen LogP contribution in [0.4, 0.5) is 5.69 Å². The van der Waals surface area contributed by atoms with Gasteiger partial charge in [0.2, 0.25) is 5.91 Å². The van der Waals surface area contributed by atoms with Gasteiger partial charge in [0.1, 0.15) is 5.82 Å². The van der Waals surface area contributed by atoms with Crippen LogP contribution in [-0.4, -0.2) is 33.0 Å². The molecule has 0 bridgehead atoms. The van der Waals surface area contributed by atoms with Gasteiger partial charge in [0.05, 0.1) is 12.3 Å². The molecule has 6 heteroatoms. The van der Waals surface area contributed by atoms with Crippen molar-refractivity contribution in [2.75, 3.05) is 17.2 Å². The summed E-state index contributed by atoms with van der Waals surface area (Å²) in [6.45, 7) is 1.42. The number of amides is 1. The van der Waals surface area contributed by atoms with Crippen molar-refractivity contribution in [2.45, 2.75) is 24.5 Å². The highest BCUT2D eigenvalue weighted by Crippen LogP contribution is 2.29. The van der Waals surface area contributed by atoms with Crippen LogP contribution in [0.3, 0.4) is 0 Å². The van der Waals surface area contributed by atoms with Crippen molar-refractivity contribution >= 4 is 23.4 Å². The van der Waals surface area contributed by atoms with Crippen molar-refractivity contribution in [1.82, 2.24) is 14.8 Å². The van der Waals surface area contributed by atoms with E-state index in [1.54, 1.807) is 0 Å². The molecule has 0 radical (unpaired) electrons. The van der Waals surface area contributed by atoms with E-state index in [0.717, 1.165) is 29.6 Å². The quantitative estimate of drug-likeness (QED) is 0.394. The van der Waals surface area contributed by atoms with Gasteiger partial charge in [-0.25, -0.2) is 0 Å². The third-order valence-corrected chi connectivity index (χ3v) is 6.65. The van der Waals surface area contributed by atoms with E-state index < -0.39 is 0 Å². The molecule has 160 valence electrons. The largest absolute Gasteiger partial charge is 0.311 e. The standard InChI is InChI=1S/C26H24N4OS/c31-25(29-16-15-22-13-7-8-14-23(22)29)19-32-26-28-27-24(17-20-9-3-1-4-10-20)30(26)18-21-11-5-2-6-12-21/h1-14H,15-19H2. The number of thioether (sulfide) groups is 1. The molecule has 5 nitrogen and oxygen atoms in total. The first kappa shape index (κ1) is 20.5. The van der Waals surface area contributed by atoms with Gasteiger partial charge in [0.15, 0.2) is 5.16 Å². The Kier molecular flexibility index (Phi) is 6.03. The third kappa shape index (κ3) is 4.46. The van der Waals surface area contributed by atoms with E-state index >= 15 is 0 Å². The molecule has 0 atom stereocenters. The van der Waals surface area contributed by atoms with Crippen molar-refractivity contribution < 1.29 is 4.79 Å². The van der Waals surface area contributed by atoms with Crippen LogP contribution >= 0.6 is 11.8 Å². The first-order valence-electron chi connectivity index (χ1n) is 10.8. The van der Waals surface area contributed by atoms with Crippen LogP contribution in [-0.2, 0) is 24.2 Å². The Balaban J connectivity index is 1.35. The lowest BCUT2D eigenvalue weighted by atomic mass is 10.1. The summed E-state index contributed by atoms with van der Waals surface area (Å²) >= 11 is 1.47. The first-order valence-corrected chi connectivity index (χ1v) is 11.8. The molecule has 0 spiro atoms. The summed E-state index contributed by atoms with van der Waals surface area (Å²) in [6.07, 6.45) is 1.62. The summed E-state index contributed by atoms with van der Waals surface area (Å²) < 4.78 is 2.14. The van der Waals surface area contributed by atoms with Crippen LogP contribution in [0.15, 0.2) is 90.1 Å². The maximum atomic E-state index is 13.0. The molecule has 0 unspecified atom stereocenters. The van der Waals surface area contributed by atoms with Gasteiger partial charge in [0.25, 0.3) is 0 Å². The molecular formula is C26H24N4OS. The van der Waals surface area contributed by atoms with Crippen molar-refractivity contribution in [3.8, 4) is 0 Å². The van der Waals surface area contributed by atoms with Crippen molar-refractivity contribution in [1.29, 1.82) is 0 Å². The lowest BCUT2D eigenvalue weighted by Crippen LogP contribution is -2.30. The highest BCUT2D eigenvalue weighted by Gasteiger charge is 2.25. The van der Waals surface area contributed by atoms with E-state index in [2.05, 4.69) is 45.1 Å². The van der Waals surface area contributed by atoms with Gasteiger partial charge in [-0.1, -0.05) is 90.6 Å². The zero-order chi connectivity index (χ0) is 21.8. The molecule has 2 heterocycles. The van der Waals surface area contributed by atoms with Crippen LogP contribution in [0.2, 0.25) is 0 Å². The fraction of sp³-hybridized carbons (Fsp3) is 0.192. The predicted molar refractivity (Wildman–Crippen MR) is 128 cm³/mol. The second-order valence-corrected chi connectivity index (χ2v) is 8.79. The third-order valence-electron chi connectivity index (χ3n) is 5.69. The Morgan fingerprint density at radius 2 is 1.53 bits per heavy atom. The summed E-state index contributed by atoms with van der Waals surface area (Å²) in [5, 5.41) is 9.72. The molecule has 0 saturated carbocycles. The Morgan fingerprint density at radius 1 is 0.844 bits per heavy atom. The lowest BCUT2D eigenvalue weighted by molar-refractivity contribution is -0.116. The van der Waals surface area contributed by atoms with Crippen LogP contribution in [0.5, 0.6) is 0 Å². The molecule has 0 saturated heterocycles. The minimum Gasteiger partial charge on any atom is -0.311 e. The highest BCUT2D eigenvalue weighted by atomic mass is 32.2. The maximum absolute atomic E-state index is 13.0. The summed E-state index contributed by atoms with van der Waals surface area (Å²) in [5.74, 6) is 1.35. The average Bonchev–Trinajstić information content (AvgIpc) is 3.43. The van der Waals surface area contributed by atoms with E-state index in [0.29, 0.717) is 18.7 Å². The number of para-hydroxylation sites is 1. The number of hydrogen-bond acceptors (Lipinski definition) is 4. The maximum Gasteiger partial charge on any atom is 0.237 e. The van der Waals surface area contributed by atoms with Gasteiger partial charge in [-0.2, -0.15) is 0 Å². The predicted octanol–water partition coefficient (Wildman–Crippen LogP) is 4.60. The number of rotatable bonds is 7. The molecular weight excluding hydrogens is 416 g/mol. The van der Waals surface area contributed by atoms with E-state index in [1.807, 2.05) is 59.5 Å². The van der Waals surface area contributed by atoms with Crippen LogP contribution in [0, 0.1) is 0 Å². The second kappa shape index (κ2) is 9.40. The van der Waals surface area contributed by atoms with Gasteiger partial charge >= 0.3 is 0 Å². The second-order valence-electron chi connectivity index (χ2n) is 7.85. The van der Waals surface area contributed by atoms with Gasteiger partial charge in [0, 0.05) is 18.7 Å². The van der Waals surface area contributed by atoms with Gasteiger partial charge < -0.3 is 9.47 Å². The number of benzene rings is 3. The van der Waals surface area contributed by atoms with Gasteiger partial charge in [-0.3, -0.25) is 4.79 Å². The summed E-state index contributed by atoms with van der Waals surface area (Å²) in [5.41, 5.74) is 4.65. The Morgan fingerprint density at radius 3 is 2.31 bits per heavy atom. The molecule has 1 aromatic heterocycles. The van der Waals surface area contributed by atoms with E-state index in [9.17, 15) is 4.79 Å². The van der Waals surface area contributed by atoms with Crippen LogP contribution in [0.25, 0.3) is 0 Å². The summed E-state index contributed by atoms with van der Waals surface area (Å²) in [6, 6.07) is 28.7. The summed E-state index contributed by atoms with van der Waals surface area (Å²) in [7, 11) is 0. The molecule has 0 aliphatic carbocycles. The molecule has 1 aliphatic rings. The number of anilines is 1. The number of nitrogens with zero attached hydrogens (tertiary/aromatic N) is 4. The Bertz CT molecular complexity index is 1210. The van der Waals surface area contributed by atoms with E-state index in [4.69, 9.17) is 0 Å². The number of carbonyl (C=O) groups excluding carboxylic acids is 1. The van der Waals surface area contributed by atoms with Crippen molar-refractivity contribution in [2.24, 2.45) is 0 Å². The zero-order valence-electron chi connectivity index (χ0n) is 17.7. The Labute approximate surface area is 192 Å². The van der Waals surface area contributed by atoms with Gasteiger partial charge in [-0.15, -0.1) is 10.2 Å². The van der Waals surface area contributed by atoms with Crippen molar-refractivity contribution in [3.63, 3.8) is 0 Å². The highest BCUT2D eigenvalue weighted by molar-refractivity contribution is 7.99.